The summed E-state index contributed by atoms with van der Waals surface area (Å²) in [4.78, 5) is 0. The average molecular weight is 244 g/mol. The molecule has 0 saturated heterocycles. The SMILES string of the molecule is [O-]c1on[n+](C2CCCCC2)c1-c1ccccc1. The molecule has 0 atom stereocenters. The minimum Gasteiger partial charge on any atom is -0.539 e. The predicted octanol–water partition coefficient (Wildman–Crippen LogP) is 2.21. The van der Waals surface area contributed by atoms with Crippen LogP contribution in [0.5, 0.6) is 5.95 Å². The van der Waals surface area contributed by atoms with Gasteiger partial charge in [0.1, 0.15) is 0 Å². The molecule has 0 N–H and O–H groups in total. The zero-order valence-corrected chi connectivity index (χ0v) is 10.2. The van der Waals surface area contributed by atoms with Gasteiger partial charge in [-0.05, 0) is 25.0 Å². The Bertz CT molecular complexity index is 516. The Kier molecular flexibility index (Phi) is 3.00. The second-order valence-corrected chi connectivity index (χ2v) is 4.81. The Morgan fingerprint density at radius 2 is 1.83 bits per heavy atom. The van der Waals surface area contributed by atoms with Crippen LogP contribution in [0.2, 0.25) is 0 Å². The normalized spacial score (nSPS) is 16.9. The lowest BCUT2D eigenvalue weighted by Crippen LogP contribution is -2.43. The van der Waals surface area contributed by atoms with Gasteiger partial charge in [-0.3, -0.25) is 0 Å². The van der Waals surface area contributed by atoms with Crippen LogP contribution in [0.1, 0.15) is 38.1 Å². The minimum absolute atomic E-state index is 0.306. The molecule has 1 heterocycles. The first-order chi connectivity index (χ1) is 8.86. The molecule has 4 nitrogen and oxygen atoms in total. The Morgan fingerprint density at radius 1 is 1.11 bits per heavy atom. The van der Waals surface area contributed by atoms with Crippen LogP contribution in [0, 0.1) is 0 Å². The van der Waals surface area contributed by atoms with Crippen LogP contribution in [0.15, 0.2) is 34.9 Å². The summed E-state index contributed by atoms with van der Waals surface area (Å²) in [6.07, 6.45) is 5.84. The van der Waals surface area contributed by atoms with E-state index in [4.69, 9.17) is 4.52 Å². The molecule has 0 amide bonds. The van der Waals surface area contributed by atoms with Gasteiger partial charge >= 0.3 is 0 Å². The summed E-state index contributed by atoms with van der Waals surface area (Å²) in [6.45, 7) is 0. The first-order valence-corrected chi connectivity index (χ1v) is 6.50. The van der Waals surface area contributed by atoms with E-state index < -0.39 is 0 Å². The molecule has 1 aliphatic carbocycles. The van der Waals surface area contributed by atoms with Gasteiger partial charge in [-0.15, -0.1) is 0 Å². The van der Waals surface area contributed by atoms with Crippen molar-refractivity contribution in [3.8, 4) is 17.2 Å². The third-order valence-corrected chi connectivity index (χ3v) is 3.60. The van der Waals surface area contributed by atoms with Crippen LogP contribution in [0.3, 0.4) is 0 Å². The van der Waals surface area contributed by atoms with Crippen molar-refractivity contribution >= 4 is 0 Å². The maximum atomic E-state index is 11.8. The third kappa shape index (κ3) is 1.98. The average Bonchev–Trinajstić information content (AvgIpc) is 2.83. The molecular formula is C14H16N2O2. The van der Waals surface area contributed by atoms with Crippen LogP contribution in [0.25, 0.3) is 11.3 Å². The van der Waals surface area contributed by atoms with Gasteiger partial charge in [0.25, 0.3) is 5.69 Å². The molecule has 1 fully saturated rings. The van der Waals surface area contributed by atoms with E-state index in [-0.39, 0.29) is 5.95 Å². The van der Waals surface area contributed by atoms with Crippen molar-refractivity contribution in [2.75, 3.05) is 0 Å². The van der Waals surface area contributed by atoms with Crippen LogP contribution < -0.4 is 9.79 Å². The van der Waals surface area contributed by atoms with E-state index in [2.05, 4.69) is 5.27 Å². The van der Waals surface area contributed by atoms with Gasteiger partial charge in [0.15, 0.2) is 12.0 Å². The highest BCUT2D eigenvalue weighted by Gasteiger charge is 2.29. The van der Waals surface area contributed by atoms with Gasteiger partial charge in [-0.25, -0.2) is 0 Å². The first-order valence-electron chi connectivity index (χ1n) is 6.50. The first kappa shape index (κ1) is 11.3. The van der Waals surface area contributed by atoms with Crippen molar-refractivity contribution < 1.29 is 14.3 Å². The van der Waals surface area contributed by atoms with Crippen LogP contribution >= 0.6 is 0 Å². The smallest absolute Gasteiger partial charge is 0.264 e. The summed E-state index contributed by atoms with van der Waals surface area (Å²) in [5.41, 5.74) is 1.47. The van der Waals surface area contributed by atoms with Gasteiger partial charge in [0.05, 0.1) is 10.8 Å². The highest BCUT2D eigenvalue weighted by atomic mass is 16.6. The summed E-state index contributed by atoms with van der Waals surface area (Å²) in [5, 5.41) is 15.8. The second-order valence-electron chi connectivity index (χ2n) is 4.81. The Hall–Kier alpha value is -1.84. The predicted molar refractivity (Wildman–Crippen MR) is 63.7 cm³/mol. The lowest BCUT2D eigenvalue weighted by atomic mass is 9.95. The van der Waals surface area contributed by atoms with E-state index in [1.807, 2.05) is 30.3 Å². The third-order valence-electron chi connectivity index (χ3n) is 3.60. The molecule has 2 aromatic rings. The summed E-state index contributed by atoms with van der Waals surface area (Å²) in [7, 11) is 0. The minimum atomic E-state index is -0.341. The molecule has 0 unspecified atom stereocenters. The van der Waals surface area contributed by atoms with Gasteiger partial charge in [-0.2, -0.15) is 0 Å². The fraction of sp³-hybridized carbons (Fsp3) is 0.429. The highest BCUT2D eigenvalue weighted by molar-refractivity contribution is 5.59. The molecule has 0 bridgehead atoms. The highest BCUT2D eigenvalue weighted by Crippen LogP contribution is 2.29. The second kappa shape index (κ2) is 4.80. The van der Waals surface area contributed by atoms with Gasteiger partial charge in [0.2, 0.25) is 0 Å². The fourth-order valence-corrected chi connectivity index (χ4v) is 2.68. The monoisotopic (exact) mass is 244 g/mol. The molecule has 94 valence electrons. The van der Waals surface area contributed by atoms with Crippen LogP contribution in [0.4, 0.5) is 0 Å². The quantitative estimate of drug-likeness (QED) is 0.761. The summed E-state index contributed by atoms with van der Waals surface area (Å²) >= 11 is 0. The van der Waals surface area contributed by atoms with Gasteiger partial charge in [-0.1, -0.05) is 29.3 Å². The Balaban J connectivity index is 2.01. The van der Waals surface area contributed by atoms with Crippen LogP contribution in [-0.2, 0) is 0 Å². The van der Waals surface area contributed by atoms with E-state index in [1.54, 1.807) is 4.68 Å². The van der Waals surface area contributed by atoms with Gasteiger partial charge < -0.3 is 9.63 Å². The number of benzene rings is 1. The molecule has 1 aliphatic rings. The topological polar surface area (TPSA) is 53.0 Å². The molecule has 1 aromatic heterocycles. The lowest BCUT2D eigenvalue weighted by molar-refractivity contribution is -0.778. The van der Waals surface area contributed by atoms with Gasteiger partial charge in [0, 0.05) is 12.8 Å². The van der Waals surface area contributed by atoms with Crippen molar-refractivity contribution in [3.05, 3.63) is 30.3 Å². The van der Waals surface area contributed by atoms with E-state index in [0.29, 0.717) is 11.7 Å². The van der Waals surface area contributed by atoms with Crippen molar-refractivity contribution in [2.45, 2.75) is 38.1 Å². The Labute approximate surface area is 106 Å². The largest absolute Gasteiger partial charge is 0.539 e. The molecule has 0 aliphatic heterocycles. The Morgan fingerprint density at radius 3 is 2.56 bits per heavy atom. The van der Waals surface area contributed by atoms with Crippen molar-refractivity contribution in [1.82, 2.24) is 5.27 Å². The molecule has 1 aromatic carbocycles. The summed E-state index contributed by atoms with van der Waals surface area (Å²) < 4.78 is 6.65. The standard InChI is InChI=1S/C14H16N2O2/c17-14-13(11-7-3-1-4-8-11)16(15-18-14)12-9-5-2-6-10-12/h1,3-4,7-8,12H,2,5-6,9-10H2. The van der Waals surface area contributed by atoms with Crippen molar-refractivity contribution in [2.24, 2.45) is 0 Å². The molecule has 0 radical (unpaired) electrons. The van der Waals surface area contributed by atoms with Crippen molar-refractivity contribution in [1.29, 1.82) is 0 Å². The van der Waals surface area contributed by atoms with Crippen LogP contribution in [-0.4, -0.2) is 5.27 Å². The zero-order chi connectivity index (χ0) is 12.4. The summed E-state index contributed by atoms with van der Waals surface area (Å²) in [5.74, 6) is -0.341. The van der Waals surface area contributed by atoms with E-state index in [9.17, 15) is 5.11 Å². The fourth-order valence-electron chi connectivity index (χ4n) is 2.68. The molecule has 18 heavy (non-hydrogen) atoms. The number of hydrogen-bond donors (Lipinski definition) is 0. The van der Waals surface area contributed by atoms with E-state index in [0.717, 1.165) is 18.4 Å². The van der Waals surface area contributed by atoms with E-state index >= 15 is 0 Å². The lowest BCUT2D eigenvalue weighted by Gasteiger charge is -2.15. The number of nitrogens with zero attached hydrogens (tertiary/aromatic N) is 2. The number of rotatable bonds is 2. The molecular weight excluding hydrogens is 228 g/mol. The van der Waals surface area contributed by atoms with E-state index in [1.165, 1.54) is 19.3 Å². The zero-order valence-electron chi connectivity index (χ0n) is 10.2. The summed E-state index contributed by atoms with van der Waals surface area (Å²) in [6, 6.07) is 9.94. The molecule has 0 spiro atoms. The number of aromatic nitrogens is 2. The molecule has 1 saturated carbocycles. The maximum Gasteiger partial charge on any atom is 0.264 e. The number of hydrogen-bond acceptors (Lipinski definition) is 3. The van der Waals surface area contributed by atoms with Crippen molar-refractivity contribution in [3.63, 3.8) is 0 Å². The molecule has 3 rings (SSSR count). The molecule has 4 heteroatoms. The maximum absolute atomic E-state index is 11.8.